The van der Waals surface area contributed by atoms with E-state index in [0.717, 1.165) is 13.1 Å². The lowest BCUT2D eigenvalue weighted by Gasteiger charge is -2.17. The normalized spacial score (nSPS) is 10.7. The average molecular weight is 266 g/mol. The summed E-state index contributed by atoms with van der Waals surface area (Å²) in [5, 5.41) is 3.19. The van der Waals surface area contributed by atoms with Gasteiger partial charge < -0.3 is 26.4 Å². The van der Waals surface area contributed by atoms with Gasteiger partial charge in [0.2, 0.25) is 0 Å². The van der Waals surface area contributed by atoms with E-state index in [0.29, 0.717) is 30.1 Å². The van der Waals surface area contributed by atoms with Gasteiger partial charge in [0.15, 0.2) is 0 Å². The summed E-state index contributed by atoms with van der Waals surface area (Å²) in [4.78, 5) is 13.4. The van der Waals surface area contributed by atoms with Gasteiger partial charge in [-0.05, 0) is 25.2 Å². The summed E-state index contributed by atoms with van der Waals surface area (Å²) >= 11 is 0. The Morgan fingerprint density at radius 2 is 2.16 bits per heavy atom. The highest BCUT2D eigenvalue weighted by molar-refractivity contribution is 5.99. The summed E-state index contributed by atoms with van der Waals surface area (Å²) in [5.41, 5.74) is 12.6. The van der Waals surface area contributed by atoms with Gasteiger partial charge in [0.25, 0.3) is 5.91 Å². The summed E-state index contributed by atoms with van der Waals surface area (Å²) in [7, 11) is 3.69. The number of nitrogen functional groups attached to an aromatic ring is 1. The maximum Gasteiger partial charge on any atom is 0.250 e. The first-order chi connectivity index (χ1) is 9.04. The predicted octanol–water partition coefficient (Wildman–Crippen LogP) is 0.358. The van der Waals surface area contributed by atoms with Crippen LogP contribution in [0.2, 0.25) is 0 Å². The number of hydrogen-bond acceptors (Lipinski definition) is 5. The Kier molecular flexibility index (Phi) is 6.11. The highest BCUT2D eigenvalue weighted by Gasteiger charge is 2.08. The number of benzene rings is 1. The lowest BCUT2D eigenvalue weighted by atomic mass is 10.1. The Balaban J connectivity index is 2.51. The summed E-state index contributed by atoms with van der Waals surface area (Å²) in [5.74, 6) is -0.484. The predicted molar refractivity (Wildman–Crippen MR) is 77.2 cm³/mol. The minimum atomic E-state index is -0.484. The van der Waals surface area contributed by atoms with Crippen molar-refractivity contribution in [3.63, 3.8) is 0 Å². The molecule has 0 radical (unpaired) electrons. The number of primary amides is 1. The molecule has 6 heteroatoms. The van der Waals surface area contributed by atoms with Crippen LogP contribution in [0.5, 0.6) is 0 Å². The van der Waals surface area contributed by atoms with Crippen molar-refractivity contribution in [3.05, 3.63) is 23.8 Å². The molecule has 6 nitrogen and oxygen atoms in total. The molecule has 0 aliphatic carbocycles. The van der Waals surface area contributed by atoms with Crippen molar-refractivity contribution < 1.29 is 9.53 Å². The molecule has 0 aromatic heterocycles. The van der Waals surface area contributed by atoms with Crippen LogP contribution < -0.4 is 16.8 Å². The Bertz CT molecular complexity index is 423. The van der Waals surface area contributed by atoms with Gasteiger partial charge in [-0.3, -0.25) is 4.79 Å². The number of rotatable bonds is 8. The second-order valence-electron chi connectivity index (χ2n) is 4.39. The van der Waals surface area contributed by atoms with Gasteiger partial charge in [0, 0.05) is 38.1 Å². The second-order valence-corrected chi connectivity index (χ2v) is 4.39. The first-order valence-corrected chi connectivity index (χ1v) is 6.15. The molecule has 0 aliphatic heterocycles. The van der Waals surface area contributed by atoms with E-state index in [2.05, 4.69) is 10.2 Å². The number of hydrogen-bond donors (Lipinski definition) is 3. The molecule has 0 unspecified atom stereocenters. The van der Waals surface area contributed by atoms with Gasteiger partial charge in [-0.2, -0.15) is 0 Å². The van der Waals surface area contributed by atoms with E-state index in [9.17, 15) is 4.79 Å². The minimum absolute atomic E-state index is 0.416. The van der Waals surface area contributed by atoms with Crippen molar-refractivity contribution in [1.82, 2.24) is 4.90 Å². The zero-order chi connectivity index (χ0) is 14.3. The molecule has 1 aromatic carbocycles. The smallest absolute Gasteiger partial charge is 0.250 e. The van der Waals surface area contributed by atoms with Gasteiger partial charge in [-0.1, -0.05) is 0 Å². The Morgan fingerprint density at radius 3 is 2.79 bits per heavy atom. The highest BCUT2D eigenvalue weighted by Crippen LogP contribution is 2.18. The van der Waals surface area contributed by atoms with E-state index in [-0.39, 0.29) is 0 Å². The van der Waals surface area contributed by atoms with Crippen LogP contribution >= 0.6 is 0 Å². The van der Waals surface area contributed by atoms with Crippen LogP contribution in [0.25, 0.3) is 0 Å². The molecular formula is C13H22N4O2. The van der Waals surface area contributed by atoms with E-state index in [4.69, 9.17) is 16.2 Å². The van der Waals surface area contributed by atoms with Crippen molar-refractivity contribution in [3.8, 4) is 0 Å². The molecule has 106 valence electrons. The topological polar surface area (TPSA) is 93.6 Å². The molecule has 0 saturated carbocycles. The lowest BCUT2D eigenvalue weighted by molar-refractivity contribution is 0.100. The molecule has 1 aromatic rings. The maximum absolute atomic E-state index is 11.3. The van der Waals surface area contributed by atoms with E-state index >= 15 is 0 Å². The SMILES string of the molecule is COCCN(C)CCNc1ccc(N)cc1C(N)=O. The summed E-state index contributed by atoms with van der Waals surface area (Å²) in [6.07, 6.45) is 0. The molecule has 1 rings (SSSR count). The summed E-state index contributed by atoms with van der Waals surface area (Å²) < 4.78 is 5.00. The molecule has 0 heterocycles. The van der Waals surface area contributed by atoms with E-state index in [1.54, 1.807) is 25.3 Å². The first-order valence-electron chi connectivity index (χ1n) is 6.15. The molecule has 1 amide bonds. The van der Waals surface area contributed by atoms with Crippen molar-refractivity contribution in [1.29, 1.82) is 0 Å². The number of carbonyl (C=O) groups excluding carboxylic acids is 1. The van der Waals surface area contributed by atoms with Crippen molar-refractivity contribution in [2.24, 2.45) is 5.73 Å². The highest BCUT2D eigenvalue weighted by atomic mass is 16.5. The van der Waals surface area contributed by atoms with Crippen LogP contribution in [-0.4, -0.2) is 51.2 Å². The standard InChI is InChI=1S/C13H22N4O2/c1-17(7-8-19-2)6-5-16-12-4-3-10(14)9-11(12)13(15)18/h3-4,9,16H,5-8,14H2,1-2H3,(H2,15,18). The van der Waals surface area contributed by atoms with Crippen molar-refractivity contribution in [2.75, 3.05) is 51.4 Å². The van der Waals surface area contributed by atoms with E-state index < -0.39 is 5.91 Å². The third kappa shape index (κ3) is 5.15. The number of anilines is 2. The first kappa shape index (κ1) is 15.3. The van der Waals surface area contributed by atoms with Gasteiger partial charge >= 0.3 is 0 Å². The molecule has 0 aliphatic rings. The second kappa shape index (κ2) is 7.60. The van der Waals surface area contributed by atoms with Crippen molar-refractivity contribution >= 4 is 17.3 Å². The number of ether oxygens (including phenoxy) is 1. The van der Waals surface area contributed by atoms with Crippen LogP contribution in [-0.2, 0) is 4.74 Å². The monoisotopic (exact) mass is 266 g/mol. The van der Waals surface area contributed by atoms with Crippen LogP contribution in [0.3, 0.4) is 0 Å². The number of nitrogens with two attached hydrogens (primary N) is 2. The zero-order valence-corrected chi connectivity index (χ0v) is 11.5. The third-order valence-corrected chi connectivity index (χ3v) is 2.80. The fourth-order valence-electron chi connectivity index (χ4n) is 1.66. The quantitative estimate of drug-likeness (QED) is 0.591. The maximum atomic E-state index is 11.3. The average Bonchev–Trinajstić information content (AvgIpc) is 2.37. The van der Waals surface area contributed by atoms with Crippen LogP contribution in [0.4, 0.5) is 11.4 Å². The fourth-order valence-corrected chi connectivity index (χ4v) is 1.66. The summed E-state index contributed by atoms with van der Waals surface area (Å²) in [6, 6.07) is 5.09. The molecule has 0 bridgehead atoms. The van der Waals surface area contributed by atoms with Crippen LogP contribution in [0.1, 0.15) is 10.4 Å². The fraction of sp³-hybridized carbons (Fsp3) is 0.462. The Labute approximate surface area is 113 Å². The van der Waals surface area contributed by atoms with Crippen LogP contribution in [0, 0.1) is 0 Å². The number of methoxy groups -OCH3 is 1. The molecule has 0 spiro atoms. The molecule has 0 fully saturated rings. The number of nitrogens with zero attached hydrogens (tertiary/aromatic N) is 1. The number of carbonyl (C=O) groups is 1. The van der Waals surface area contributed by atoms with Gasteiger partial charge in [-0.15, -0.1) is 0 Å². The summed E-state index contributed by atoms with van der Waals surface area (Å²) in [6.45, 7) is 3.11. The van der Waals surface area contributed by atoms with E-state index in [1.165, 1.54) is 0 Å². The molecule has 0 atom stereocenters. The zero-order valence-electron chi connectivity index (χ0n) is 11.5. The Morgan fingerprint density at radius 1 is 1.42 bits per heavy atom. The minimum Gasteiger partial charge on any atom is -0.399 e. The molecular weight excluding hydrogens is 244 g/mol. The molecule has 5 N–H and O–H groups in total. The van der Waals surface area contributed by atoms with Gasteiger partial charge in [-0.25, -0.2) is 0 Å². The lowest BCUT2D eigenvalue weighted by Crippen LogP contribution is -2.28. The molecule has 19 heavy (non-hydrogen) atoms. The largest absolute Gasteiger partial charge is 0.399 e. The number of likely N-dealkylation sites (N-methyl/N-ethyl adjacent to an activating group) is 1. The Hall–Kier alpha value is -1.79. The number of amides is 1. The van der Waals surface area contributed by atoms with Crippen molar-refractivity contribution in [2.45, 2.75) is 0 Å². The van der Waals surface area contributed by atoms with Crippen LogP contribution in [0.15, 0.2) is 18.2 Å². The third-order valence-electron chi connectivity index (χ3n) is 2.80. The molecule has 0 saturated heterocycles. The van der Waals surface area contributed by atoms with E-state index in [1.807, 2.05) is 7.05 Å². The van der Waals surface area contributed by atoms with Gasteiger partial charge in [0.1, 0.15) is 0 Å². The number of nitrogens with one attached hydrogen (secondary N) is 1. The van der Waals surface area contributed by atoms with Gasteiger partial charge in [0.05, 0.1) is 12.2 Å².